The van der Waals surface area contributed by atoms with E-state index in [1.807, 2.05) is 0 Å². The predicted molar refractivity (Wildman–Crippen MR) is 142 cm³/mol. The fourth-order valence-corrected chi connectivity index (χ4v) is 5.38. The maximum atomic E-state index is 3.79. The molecule has 1 aliphatic rings. The number of para-hydroxylation sites is 1. The SMILES string of the molecule is Ic1ccc(CCC2c3[nH]c4ccccc4c3CCN2Cc2ccc(I)cc2)cc1. The molecule has 5 rings (SSSR count). The summed E-state index contributed by atoms with van der Waals surface area (Å²) in [6, 6.07) is 27.2. The van der Waals surface area contributed by atoms with Crippen LogP contribution in [0.5, 0.6) is 0 Å². The van der Waals surface area contributed by atoms with Crippen molar-refractivity contribution in [3.63, 3.8) is 0 Å². The number of aromatic nitrogens is 1. The summed E-state index contributed by atoms with van der Waals surface area (Å²) in [5, 5.41) is 1.40. The average Bonchev–Trinajstić information content (AvgIpc) is 3.14. The summed E-state index contributed by atoms with van der Waals surface area (Å²) in [4.78, 5) is 6.47. The van der Waals surface area contributed by atoms with E-state index in [2.05, 4.69) is 128 Å². The van der Waals surface area contributed by atoms with Crippen LogP contribution < -0.4 is 0 Å². The molecule has 0 radical (unpaired) electrons. The Bertz CT molecular complexity index is 1150. The van der Waals surface area contributed by atoms with Crippen molar-refractivity contribution < 1.29 is 0 Å². The number of aromatic amines is 1. The largest absolute Gasteiger partial charge is 0.357 e. The summed E-state index contributed by atoms with van der Waals surface area (Å²) < 4.78 is 2.59. The maximum absolute atomic E-state index is 3.79. The van der Waals surface area contributed by atoms with Crippen LogP contribution in [0.3, 0.4) is 0 Å². The fourth-order valence-electron chi connectivity index (χ4n) is 4.66. The molecule has 1 aromatic heterocycles. The molecule has 4 heteroatoms. The van der Waals surface area contributed by atoms with E-state index in [0.717, 1.165) is 32.4 Å². The van der Waals surface area contributed by atoms with E-state index in [1.165, 1.54) is 40.4 Å². The highest BCUT2D eigenvalue weighted by Crippen LogP contribution is 2.37. The zero-order valence-corrected chi connectivity index (χ0v) is 21.1. The van der Waals surface area contributed by atoms with Gasteiger partial charge >= 0.3 is 0 Å². The number of nitrogens with zero attached hydrogens (tertiary/aromatic N) is 1. The smallest absolute Gasteiger partial charge is 0.0508 e. The van der Waals surface area contributed by atoms with E-state index in [9.17, 15) is 0 Å². The van der Waals surface area contributed by atoms with Crippen LogP contribution in [-0.2, 0) is 19.4 Å². The third-order valence-corrected chi connectivity index (χ3v) is 7.63. The van der Waals surface area contributed by atoms with Crippen LogP contribution >= 0.6 is 45.2 Å². The van der Waals surface area contributed by atoms with Gasteiger partial charge in [0.1, 0.15) is 0 Å². The Hall–Kier alpha value is -1.38. The van der Waals surface area contributed by atoms with Crippen molar-refractivity contribution in [2.75, 3.05) is 6.54 Å². The summed E-state index contributed by atoms with van der Waals surface area (Å²) in [5.41, 5.74) is 7.05. The molecule has 1 unspecified atom stereocenters. The Morgan fingerprint density at radius 2 is 1.50 bits per heavy atom. The molecule has 3 aromatic carbocycles. The molecule has 152 valence electrons. The third kappa shape index (κ3) is 4.32. The second kappa shape index (κ2) is 9.01. The molecule has 0 fully saturated rings. The second-order valence-electron chi connectivity index (χ2n) is 8.09. The van der Waals surface area contributed by atoms with E-state index in [4.69, 9.17) is 0 Å². The molecule has 1 N–H and O–H groups in total. The minimum atomic E-state index is 0.416. The first-order chi connectivity index (χ1) is 14.7. The van der Waals surface area contributed by atoms with Crippen molar-refractivity contribution in [3.8, 4) is 0 Å². The summed E-state index contributed by atoms with van der Waals surface area (Å²) in [6.07, 6.45) is 3.34. The molecular weight excluding hydrogens is 594 g/mol. The highest BCUT2D eigenvalue weighted by molar-refractivity contribution is 14.1. The minimum absolute atomic E-state index is 0.416. The van der Waals surface area contributed by atoms with E-state index >= 15 is 0 Å². The first-order valence-corrected chi connectivity index (χ1v) is 12.7. The monoisotopic (exact) mass is 618 g/mol. The van der Waals surface area contributed by atoms with E-state index in [0.29, 0.717) is 6.04 Å². The van der Waals surface area contributed by atoms with Gasteiger partial charge in [0.05, 0.1) is 6.04 Å². The zero-order chi connectivity index (χ0) is 20.5. The lowest BCUT2D eigenvalue weighted by Crippen LogP contribution is -2.35. The van der Waals surface area contributed by atoms with Gasteiger partial charge in [0.15, 0.2) is 0 Å². The summed E-state index contributed by atoms with van der Waals surface area (Å²) in [5.74, 6) is 0. The lowest BCUT2D eigenvalue weighted by atomic mass is 9.92. The van der Waals surface area contributed by atoms with Gasteiger partial charge in [0.25, 0.3) is 0 Å². The molecule has 30 heavy (non-hydrogen) atoms. The van der Waals surface area contributed by atoms with Crippen LogP contribution in [0.1, 0.15) is 34.8 Å². The number of hydrogen-bond acceptors (Lipinski definition) is 1. The number of aryl methyl sites for hydroxylation is 1. The molecule has 0 spiro atoms. The van der Waals surface area contributed by atoms with Crippen molar-refractivity contribution >= 4 is 56.1 Å². The molecule has 1 aliphatic heterocycles. The quantitative estimate of drug-likeness (QED) is 0.237. The van der Waals surface area contributed by atoms with Crippen molar-refractivity contribution in [3.05, 3.63) is 102 Å². The van der Waals surface area contributed by atoms with Crippen LogP contribution in [0.4, 0.5) is 0 Å². The Kier molecular flexibility index (Phi) is 6.16. The molecule has 1 atom stereocenters. The van der Waals surface area contributed by atoms with Crippen molar-refractivity contribution in [1.29, 1.82) is 0 Å². The standard InChI is InChI=1S/C26H24I2N2/c27-20-10-5-18(6-11-20)9-14-25-26-23(22-3-1-2-4-24(22)29-26)15-16-30(25)17-19-7-12-21(28)13-8-19/h1-8,10-13,25,29H,9,14-17H2. The highest BCUT2D eigenvalue weighted by atomic mass is 127. The molecular formula is C26H24I2N2. The minimum Gasteiger partial charge on any atom is -0.357 e. The average molecular weight is 618 g/mol. The number of rotatable bonds is 5. The molecule has 0 bridgehead atoms. The molecule has 0 amide bonds. The van der Waals surface area contributed by atoms with E-state index in [-0.39, 0.29) is 0 Å². The molecule has 0 aliphatic carbocycles. The third-order valence-electron chi connectivity index (χ3n) is 6.19. The van der Waals surface area contributed by atoms with Gasteiger partial charge in [-0.2, -0.15) is 0 Å². The zero-order valence-electron chi connectivity index (χ0n) is 16.7. The Labute approximate surface area is 205 Å². The van der Waals surface area contributed by atoms with E-state index in [1.54, 1.807) is 0 Å². The van der Waals surface area contributed by atoms with Gasteiger partial charge < -0.3 is 4.98 Å². The topological polar surface area (TPSA) is 19.0 Å². The van der Waals surface area contributed by atoms with Gasteiger partial charge in [-0.1, -0.05) is 42.5 Å². The Balaban J connectivity index is 1.46. The highest BCUT2D eigenvalue weighted by Gasteiger charge is 2.30. The number of benzene rings is 3. The second-order valence-corrected chi connectivity index (χ2v) is 10.6. The Morgan fingerprint density at radius 3 is 2.23 bits per heavy atom. The number of nitrogens with one attached hydrogen (secondary N) is 1. The lowest BCUT2D eigenvalue weighted by molar-refractivity contribution is 0.164. The fraction of sp³-hybridized carbons (Fsp3) is 0.231. The van der Waals surface area contributed by atoms with Gasteiger partial charge in [-0.15, -0.1) is 0 Å². The summed E-state index contributed by atoms with van der Waals surface area (Å²) in [6.45, 7) is 2.11. The van der Waals surface area contributed by atoms with Gasteiger partial charge in [-0.05, 0) is 111 Å². The molecule has 2 nitrogen and oxygen atoms in total. The first kappa shape index (κ1) is 20.5. The van der Waals surface area contributed by atoms with E-state index < -0.39 is 0 Å². The van der Waals surface area contributed by atoms with Crippen LogP contribution in [0.2, 0.25) is 0 Å². The van der Waals surface area contributed by atoms with Crippen molar-refractivity contribution in [2.24, 2.45) is 0 Å². The Morgan fingerprint density at radius 1 is 0.833 bits per heavy atom. The lowest BCUT2D eigenvalue weighted by Gasteiger charge is -2.36. The number of halogens is 2. The van der Waals surface area contributed by atoms with Gasteiger partial charge in [0, 0.05) is 36.8 Å². The van der Waals surface area contributed by atoms with Gasteiger partial charge in [-0.3, -0.25) is 4.90 Å². The molecule has 4 aromatic rings. The van der Waals surface area contributed by atoms with Crippen LogP contribution in [0.15, 0.2) is 72.8 Å². The van der Waals surface area contributed by atoms with Crippen molar-refractivity contribution in [2.45, 2.75) is 31.8 Å². The molecule has 0 saturated carbocycles. The number of fused-ring (bicyclic) bond motifs is 3. The molecule has 0 saturated heterocycles. The first-order valence-electron chi connectivity index (χ1n) is 10.5. The van der Waals surface area contributed by atoms with Crippen LogP contribution in [-0.4, -0.2) is 16.4 Å². The van der Waals surface area contributed by atoms with Crippen LogP contribution in [0, 0.1) is 7.14 Å². The molecule has 2 heterocycles. The number of hydrogen-bond donors (Lipinski definition) is 1. The van der Waals surface area contributed by atoms with Gasteiger partial charge in [0.2, 0.25) is 0 Å². The predicted octanol–water partition coefficient (Wildman–Crippen LogP) is 7.11. The normalized spacial score (nSPS) is 16.7. The maximum Gasteiger partial charge on any atom is 0.0508 e. The van der Waals surface area contributed by atoms with Crippen LogP contribution in [0.25, 0.3) is 10.9 Å². The van der Waals surface area contributed by atoms with Crippen molar-refractivity contribution in [1.82, 2.24) is 9.88 Å². The summed E-state index contributed by atoms with van der Waals surface area (Å²) >= 11 is 4.76. The number of H-pyrrole nitrogens is 1. The summed E-state index contributed by atoms with van der Waals surface area (Å²) in [7, 11) is 0. The van der Waals surface area contributed by atoms with Gasteiger partial charge in [-0.25, -0.2) is 0 Å².